The summed E-state index contributed by atoms with van der Waals surface area (Å²) in [7, 11) is 4.04. The number of hydrogen-bond acceptors (Lipinski definition) is 3. The molecular weight excluding hydrogens is 368 g/mol. The van der Waals surface area contributed by atoms with Crippen LogP contribution >= 0.6 is 15.9 Å². The first kappa shape index (κ1) is 18.5. The van der Waals surface area contributed by atoms with Crippen LogP contribution in [0.15, 0.2) is 59.1 Å². The average Bonchev–Trinajstić information content (AvgIpc) is 2.58. The van der Waals surface area contributed by atoms with Crippen LogP contribution in [0.1, 0.15) is 18.1 Å². The number of carbonyl (C=O) groups is 1. The number of nitrogens with zero attached hydrogens (tertiary/aromatic N) is 1. The lowest BCUT2D eigenvalue weighted by Gasteiger charge is -2.19. The fourth-order valence-electron chi connectivity index (χ4n) is 2.25. The molecular formula is C19H23BrN2O2. The van der Waals surface area contributed by atoms with Crippen molar-refractivity contribution in [3.63, 3.8) is 0 Å². The third-order valence-electron chi connectivity index (χ3n) is 3.49. The molecule has 0 saturated carbocycles. The molecule has 1 atom stereocenters. The van der Waals surface area contributed by atoms with Crippen molar-refractivity contribution in [3.05, 3.63) is 64.6 Å². The van der Waals surface area contributed by atoms with Gasteiger partial charge in [-0.05, 0) is 51.3 Å². The maximum absolute atomic E-state index is 12.6. The lowest BCUT2D eigenvalue weighted by atomic mass is 10.1. The molecule has 0 spiro atoms. The molecule has 1 N–H and O–H groups in total. The number of amides is 1. The standard InChI is InChI=1S/C19H23BrN2O2/c1-22(2)14-6-13-21-19(23)18(15-7-4-3-5-8-15)24-17-11-9-16(20)10-12-17/h3-5,7-12,18H,6,13-14H2,1-2H3,(H,21,23). The topological polar surface area (TPSA) is 41.6 Å². The Bertz CT molecular complexity index is 630. The minimum Gasteiger partial charge on any atom is -0.476 e. The van der Waals surface area contributed by atoms with Crippen LogP contribution in [0.3, 0.4) is 0 Å². The van der Waals surface area contributed by atoms with Crippen molar-refractivity contribution in [1.29, 1.82) is 0 Å². The van der Waals surface area contributed by atoms with Gasteiger partial charge in [0.25, 0.3) is 5.91 Å². The molecule has 0 radical (unpaired) electrons. The molecule has 0 aliphatic rings. The monoisotopic (exact) mass is 390 g/mol. The first-order valence-electron chi connectivity index (χ1n) is 7.96. The van der Waals surface area contributed by atoms with E-state index in [4.69, 9.17) is 4.74 Å². The average molecular weight is 391 g/mol. The summed E-state index contributed by atoms with van der Waals surface area (Å²) in [5.74, 6) is 0.540. The number of halogens is 1. The highest BCUT2D eigenvalue weighted by atomic mass is 79.9. The molecule has 2 aromatic rings. The van der Waals surface area contributed by atoms with Crippen molar-refractivity contribution in [2.75, 3.05) is 27.2 Å². The van der Waals surface area contributed by atoms with Gasteiger partial charge in [-0.3, -0.25) is 4.79 Å². The van der Waals surface area contributed by atoms with Gasteiger partial charge < -0.3 is 15.0 Å². The summed E-state index contributed by atoms with van der Waals surface area (Å²) >= 11 is 3.40. The van der Waals surface area contributed by atoms with E-state index < -0.39 is 6.10 Å². The van der Waals surface area contributed by atoms with Crippen molar-refractivity contribution in [1.82, 2.24) is 10.2 Å². The zero-order valence-electron chi connectivity index (χ0n) is 14.0. The van der Waals surface area contributed by atoms with E-state index in [1.165, 1.54) is 0 Å². The van der Waals surface area contributed by atoms with Crippen LogP contribution < -0.4 is 10.1 Å². The molecule has 2 aromatic carbocycles. The van der Waals surface area contributed by atoms with Crippen molar-refractivity contribution in [3.8, 4) is 5.75 Å². The summed E-state index contributed by atoms with van der Waals surface area (Å²) in [5, 5.41) is 2.97. The zero-order chi connectivity index (χ0) is 17.4. The predicted molar refractivity (Wildman–Crippen MR) is 100 cm³/mol. The Kier molecular flexibility index (Phi) is 7.28. The summed E-state index contributed by atoms with van der Waals surface area (Å²) < 4.78 is 6.92. The van der Waals surface area contributed by atoms with Crippen LogP contribution in [0.2, 0.25) is 0 Å². The quantitative estimate of drug-likeness (QED) is 0.699. The number of benzene rings is 2. The van der Waals surface area contributed by atoms with Crippen LogP contribution in [0.4, 0.5) is 0 Å². The van der Waals surface area contributed by atoms with Gasteiger partial charge in [-0.2, -0.15) is 0 Å². The molecule has 128 valence electrons. The number of ether oxygens (including phenoxy) is 1. The Hall–Kier alpha value is -1.85. The minimum atomic E-state index is -0.660. The van der Waals surface area contributed by atoms with E-state index in [1.807, 2.05) is 68.7 Å². The van der Waals surface area contributed by atoms with Crippen LogP contribution in [-0.4, -0.2) is 38.0 Å². The van der Waals surface area contributed by atoms with Gasteiger partial charge in [0.1, 0.15) is 5.75 Å². The van der Waals surface area contributed by atoms with Gasteiger partial charge in [0.15, 0.2) is 0 Å². The van der Waals surface area contributed by atoms with Gasteiger partial charge in [-0.1, -0.05) is 46.3 Å². The molecule has 1 amide bonds. The molecule has 2 rings (SSSR count). The van der Waals surface area contributed by atoms with E-state index in [1.54, 1.807) is 0 Å². The van der Waals surface area contributed by atoms with Gasteiger partial charge in [-0.25, -0.2) is 0 Å². The van der Waals surface area contributed by atoms with Crippen molar-refractivity contribution in [2.24, 2.45) is 0 Å². The molecule has 1 unspecified atom stereocenters. The van der Waals surface area contributed by atoms with Gasteiger partial charge in [0.05, 0.1) is 0 Å². The molecule has 0 fully saturated rings. The molecule has 24 heavy (non-hydrogen) atoms. The molecule has 0 heterocycles. The molecule has 4 nitrogen and oxygen atoms in total. The first-order valence-corrected chi connectivity index (χ1v) is 8.75. The summed E-state index contributed by atoms with van der Waals surface area (Å²) in [4.78, 5) is 14.7. The Morgan fingerprint density at radius 1 is 1.12 bits per heavy atom. The van der Waals surface area contributed by atoms with Crippen molar-refractivity contribution >= 4 is 21.8 Å². The van der Waals surface area contributed by atoms with E-state index in [9.17, 15) is 4.79 Å². The van der Waals surface area contributed by atoms with E-state index in [2.05, 4.69) is 26.1 Å². The van der Waals surface area contributed by atoms with E-state index in [0.29, 0.717) is 12.3 Å². The van der Waals surface area contributed by atoms with Gasteiger partial charge in [0, 0.05) is 16.6 Å². The smallest absolute Gasteiger partial charge is 0.265 e. The number of nitrogens with one attached hydrogen (secondary N) is 1. The highest BCUT2D eigenvalue weighted by Crippen LogP contribution is 2.24. The zero-order valence-corrected chi connectivity index (χ0v) is 15.6. The lowest BCUT2D eigenvalue weighted by molar-refractivity contribution is -0.128. The first-order chi connectivity index (χ1) is 11.6. The largest absolute Gasteiger partial charge is 0.476 e. The van der Waals surface area contributed by atoms with E-state index in [-0.39, 0.29) is 5.91 Å². The van der Waals surface area contributed by atoms with Crippen molar-refractivity contribution < 1.29 is 9.53 Å². The van der Waals surface area contributed by atoms with Crippen LogP contribution in [0, 0.1) is 0 Å². The van der Waals surface area contributed by atoms with Gasteiger partial charge >= 0.3 is 0 Å². The lowest BCUT2D eigenvalue weighted by Crippen LogP contribution is -2.34. The Labute approximate surface area is 151 Å². The van der Waals surface area contributed by atoms with Crippen molar-refractivity contribution in [2.45, 2.75) is 12.5 Å². The number of rotatable bonds is 8. The highest BCUT2D eigenvalue weighted by molar-refractivity contribution is 9.10. The predicted octanol–water partition coefficient (Wildman–Crippen LogP) is 3.64. The molecule has 5 heteroatoms. The SMILES string of the molecule is CN(C)CCCNC(=O)C(Oc1ccc(Br)cc1)c1ccccc1. The van der Waals surface area contributed by atoms with E-state index in [0.717, 1.165) is 23.0 Å². The maximum atomic E-state index is 12.6. The summed E-state index contributed by atoms with van der Waals surface area (Å²) in [6, 6.07) is 17.0. The van der Waals surface area contributed by atoms with Crippen LogP contribution in [-0.2, 0) is 4.79 Å². The number of carbonyl (C=O) groups excluding carboxylic acids is 1. The van der Waals surface area contributed by atoms with Crippen LogP contribution in [0.25, 0.3) is 0 Å². The molecule has 0 saturated heterocycles. The third-order valence-corrected chi connectivity index (χ3v) is 4.02. The van der Waals surface area contributed by atoms with E-state index >= 15 is 0 Å². The summed E-state index contributed by atoms with van der Waals surface area (Å²) in [6.07, 6.45) is 0.241. The second-order valence-electron chi connectivity index (χ2n) is 5.81. The molecule has 0 bridgehead atoms. The summed E-state index contributed by atoms with van der Waals surface area (Å²) in [6.45, 7) is 1.56. The molecule has 0 aromatic heterocycles. The Morgan fingerprint density at radius 2 is 1.79 bits per heavy atom. The Morgan fingerprint density at radius 3 is 2.42 bits per heavy atom. The fraction of sp³-hybridized carbons (Fsp3) is 0.316. The number of hydrogen-bond donors (Lipinski definition) is 1. The molecule has 0 aliphatic heterocycles. The molecule has 0 aliphatic carbocycles. The third kappa shape index (κ3) is 5.98. The van der Waals surface area contributed by atoms with Gasteiger partial charge in [0.2, 0.25) is 6.10 Å². The highest BCUT2D eigenvalue weighted by Gasteiger charge is 2.22. The fourth-order valence-corrected chi connectivity index (χ4v) is 2.51. The maximum Gasteiger partial charge on any atom is 0.265 e. The minimum absolute atomic E-state index is 0.122. The summed E-state index contributed by atoms with van der Waals surface area (Å²) in [5.41, 5.74) is 0.838. The Balaban J connectivity index is 2.05. The van der Waals surface area contributed by atoms with Crippen LogP contribution in [0.5, 0.6) is 5.75 Å². The normalized spacial score (nSPS) is 12.0. The van der Waals surface area contributed by atoms with Gasteiger partial charge in [-0.15, -0.1) is 0 Å². The second-order valence-corrected chi connectivity index (χ2v) is 6.73. The second kappa shape index (κ2) is 9.45.